The van der Waals surface area contributed by atoms with Crippen LogP contribution in [0.15, 0.2) is 41.2 Å². The average molecular weight is 424 g/mol. The topological polar surface area (TPSA) is 110 Å². The minimum absolute atomic E-state index is 0.126. The molecule has 0 spiro atoms. The van der Waals surface area contributed by atoms with Crippen molar-refractivity contribution in [1.29, 1.82) is 0 Å². The van der Waals surface area contributed by atoms with E-state index in [1.54, 1.807) is 0 Å². The molecule has 4 rings (SSSR count). The summed E-state index contributed by atoms with van der Waals surface area (Å²) in [5.74, 6) is -1.29. The number of aryl methyl sites for hydroxylation is 1. The molecule has 0 radical (unpaired) electrons. The Labute approximate surface area is 169 Å². The number of carboxylic acid groups (broad SMARTS) is 1. The van der Waals surface area contributed by atoms with Gasteiger partial charge in [0.05, 0.1) is 23.9 Å². The second-order valence-electron chi connectivity index (χ2n) is 6.68. The Morgan fingerprint density at radius 2 is 2.03 bits per heavy atom. The number of carbonyl (C=O) groups is 1. The summed E-state index contributed by atoms with van der Waals surface area (Å²) in [5, 5.41) is 15.5. The van der Waals surface area contributed by atoms with Crippen LogP contribution in [0.25, 0.3) is 0 Å². The predicted molar refractivity (Wildman–Crippen MR) is 96.0 cm³/mol. The van der Waals surface area contributed by atoms with Gasteiger partial charge in [-0.2, -0.15) is 23.3 Å². The van der Waals surface area contributed by atoms with Gasteiger partial charge in [0.2, 0.25) is 5.89 Å². The number of alkyl halides is 3. The van der Waals surface area contributed by atoms with Crippen molar-refractivity contribution in [3.63, 3.8) is 0 Å². The number of hydrogen-bond acceptors (Lipinski definition) is 7. The van der Waals surface area contributed by atoms with Crippen molar-refractivity contribution >= 4 is 5.97 Å². The van der Waals surface area contributed by atoms with E-state index in [0.29, 0.717) is 11.7 Å². The summed E-state index contributed by atoms with van der Waals surface area (Å²) in [6.45, 7) is 5.05. The summed E-state index contributed by atoms with van der Waals surface area (Å²) in [4.78, 5) is 20.1. The van der Waals surface area contributed by atoms with Gasteiger partial charge in [-0.1, -0.05) is 11.2 Å². The van der Waals surface area contributed by atoms with E-state index in [4.69, 9.17) is 14.4 Å². The van der Waals surface area contributed by atoms with Crippen molar-refractivity contribution in [3.8, 4) is 0 Å². The zero-order valence-corrected chi connectivity index (χ0v) is 16.0. The monoisotopic (exact) mass is 424 g/mol. The first-order valence-corrected chi connectivity index (χ1v) is 8.95. The second-order valence-corrected chi connectivity index (χ2v) is 6.68. The molecule has 3 aromatic rings. The van der Waals surface area contributed by atoms with Gasteiger partial charge in [-0.15, -0.1) is 0 Å². The summed E-state index contributed by atoms with van der Waals surface area (Å²) in [5.41, 5.74) is 2.25. The third-order valence-corrected chi connectivity index (χ3v) is 4.31. The number of aliphatic carboxylic acids is 1. The van der Waals surface area contributed by atoms with Crippen LogP contribution in [-0.2, 0) is 24.4 Å². The molecule has 30 heavy (non-hydrogen) atoms. The number of halogens is 3. The van der Waals surface area contributed by atoms with Crippen LogP contribution in [0.1, 0.15) is 29.0 Å². The molecule has 1 atom stereocenters. The molecule has 0 fully saturated rings. The van der Waals surface area contributed by atoms with Gasteiger partial charge < -0.3 is 9.63 Å². The zero-order valence-electron chi connectivity index (χ0n) is 16.0. The molecule has 0 saturated carbocycles. The Morgan fingerprint density at radius 3 is 2.63 bits per heavy atom. The van der Waals surface area contributed by atoms with E-state index in [-0.39, 0.29) is 5.92 Å². The van der Waals surface area contributed by atoms with Crippen LogP contribution in [0.2, 0.25) is 0 Å². The number of rotatable bonds is 3. The van der Waals surface area contributed by atoms with E-state index in [2.05, 4.69) is 31.2 Å². The van der Waals surface area contributed by atoms with Crippen molar-refractivity contribution in [2.24, 2.45) is 0 Å². The van der Waals surface area contributed by atoms with Gasteiger partial charge >= 0.3 is 12.1 Å². The second kappa shape index (κ2) is 9.03. The molecule has 0 aliphatic carbocycles. The fourth-order valence-corrected chi connectivity index (χ4v) is 3.01. The molecule has 0 saturated heterocycles. The third-order valence-electron chi connectivity index (χ3n) is 4.31. The Kier molecular flexibility index (Phi) is 6.45. The molecular weight excluding hydrogens is 405 g/mol. The highest BCUT2D eigenvalue weighted by molar-refractivity contribution is 5.73. The van der Waals surface area contributed by atoms with Crippen LogP contribution in [0, 0.1) is 6.92 Å². The molecule has 0 bridgehead atoms. The highest BCUT2D eigenvalue weighted by Gasteiger charge is 2.38. The van der Waals surface area contributed by atoms with Crippen LogP contribution in [-0.4, -0.2) is 53.6 Å². The maximum absolute atomic E-state index is 10.6. The van der Waals surface area contributed by atoms with Crippen LogP contribution < -0.4 is 0 Å². The number of aromatic nitrogens is 5. The summed E-state index contributed by atoms with van der Waals surface area (Å²) in [7, 11) is 0. The molecule has 9 nitrogen and oxygen atoms in total. The van der Waals surface area contributed by atoms with E-state index in [1.165, 1.54) is 5.69 Å². The number of carboxylic acids is 1. The van der Waals surface area contributed by atoms with Gasteiger partial charge in [-0.05, 0) is 25.1 Å². The van der Waals surface area contributed by atoms with Gasteiger partial charge in [0.1, 0.15) is 0 Å². The fraction of sp³-hybridized carbons (Fsp3) is 0.389. The van der Waals surface area contributed by atoms with Gasteiger partial charge in [0.25, 0.3) is 0 Å². The maximum Gasteiger partial charge on any atom is 0.490 e. The Bertz CT molecular complexity index is 973. The van der Waals surface area contributed by atoms with Gasteiger partial charge in [0, 0.05) is 32.0 Å². The predicted octanol–water partition coefficient (Wildman–Crippen LogP) is 2.40. The smallest absolute Gasteiger partial charge is 0.475 e. The molecule has 1 aliphatic heterocycles. The van der Waals surface area contributed by atoms with Crippen molar-refractivity contribution in [2.45, 2.75) is 38.7 Å². The normalized spacial score (nSPS) is 16.9. The lowest BCUT2D eigenvalue weighted by atomic mass is 10.1. The fourth-order valence-electron chi connectivity index (χ4n) is 3.01. The lowest BCUT2D eigenvalue weighted by molar-refractivity contribution is -0.192. The molecule has 0 aromatic carbocycles. The number of pyridine rings is 1. The van der Waals surface area contributed by atoms with Crippen LogP contribution in [0.3, 0.4) is 0 Å². The molecule has 160 valence electrons. The van der Waals surface area contributed by atoms with E-state index in [0.717, 1.165) is 31.9 Å². The van der Waals surface area contributed by atoms with E-state index >= 15 is 0 Å². The average Bonchev–Trinajstić information content (AvgIpc) is 3.27. The molecule has 12 heteroatoms. The summed E-state index contributed by atoms with van der Waals surface area (Å²) < 4.78 is 39.2. The maximum atomic E-state index is 10.6. The van der Waals surface area contributed by atoms with Crippen molar-refractivity contribution in [3.05, 3.63) is 59.8 Å². The molecule has 3 aromatic heterocycles. The van der Waals surface area contributed by atoms with Gasteiger partial charge in [-0.25, -0.2) is 4.79 Å². The number of hydrogen-bond donors (Lipinski definition) is 1. The Morgan fingerprint density at radius 1 is 1.27 bits per heavy atom. The van der Waals surface area contributed by atoms with E-state index in [9.17, 15) is 13.2 Å². The summed E-state index contributed by atoms with van der Waals surface area (Å²) in [6, 6.07) is 8.06. The van der Waals surface area contributed by atoms with Crippen molar-refractivity contribution < 1.29 is 27.6 Å². The van der Waals surface area contributed by atoms with E-state index < -0.39 is 12.1 Å². The Hall–Kier alpha value is -3.28. The Balaban J connectivity index is 0.000000318. The van der Waals surface area contributed by atoms with Crippen LogP contribution in [0.5, 0.6) is 0 Å². The highest BCUT2D eigenvalue weighted by Crippen LogP contribution is 2.24. The van der Waals surface area contributed by atoms with E-state index in [1.807, 2.05) is 42.2 Å². The molecule has 1 N–H and O–H groups in total. The SMILES string of the molecule is Cc1noc(C2CN(Cc3ccccn3)Cc3ccnn3C2)n1.O=C(O)C(F)(F)F. The summed E-state index contributed by atoms with van der Waals surface area (Å²) in [6.07, 6.45) is -1.41. The first-order valence-electron chi connectivity index (χ1n) is 8.95. The number of fused-ring (bicyclic) bond motifs is 1. The first-order chi connectivity index (χ1) is 14.2. The van der Waals surface area contributed by atoms with Gasteiger partial charge in [0.15, 0.2) is 5.82 Å². The molecular formula is C18H19F3N6O3. The van der Waals surface area contributed by atoms with Crippen LogP contribution in [0.4, 0.5) is 13.2 Å². The lowest BCUT2D eigenvalue weighted by Crippen LogP contribution is -2.27. The van der Waals surface area contributed by atoms with Gasteiger partial charge in [-0.3, -0.25) is 14.6 Å². The molecule has 4 heterocycles. The quantitative estimate of drug-likeness (QED) is 0.683. The van der Waals surface area contributed by atoms with Crippen LogP contribution >= 0.6 is 0 Å². The lowest BCUT2D eigenvalue weighted by Gasteiger charge is -2.21. The minimum Gasteiger partial charge on any atom is -0.475 e. The summed E-state index contributed by atoms with van der Waals surface area (Å²) >= 11 is 0. The highest BCUT2D eigenvalue weighted by atomic mass is 19.4. The molecule has 1 aliphatic rings. The standard InChI is InChI=1S/C16H18N6O.C2HF3O2/c1-12-19-16(23-20-12)13-8-21(10-14-4-2-3-6-17-14)11-15-5-7-18-22(15)9-13;3-2(4,5)1(6)7/h2-7,13H,8-11H2,1H3;(H,6,7). The third kappa shape index (κ3) is 5.63. The zero-order chi connectivity index (χ0) is 21.7. The molecule has 1 unspecified atom stereocenters. The van der Waals surface area contributed by atoms with Crippen molar-refractivity contribution in [2.75, 3.05) is 6.54 Å². The molecule has 0 amide bonds. The first kappa shape index (κ1) is 21.4. The largest absolute Gasteiger partial charge is 0.490 e. The number of nitrogens with zero attached hydrogens (tertiary/aromatic N) is 6. The minimum atomic E-state index is -5.08. The van der Waals surface area contributed by atoms with Crippen molar-refractivity contribution in [1.82, 2.24) is 29.8 Å².